The van der Waals surface area contributed by atoms with Gasteiger partial charge in [-0.3, -0.25) is 0 Å². The Morgan fingerprint density at radius 2 is 2.05 bits per heavy atom. The lowest BCUT2D eigenvalue weighted by Gasteiger charge is -2.24. The first-order valence-electron chi connectivity index (χ1n) is 6.13. The molecule has 0 unspecified atom stereocenters. The van der Waals surface area contributed by atoms with Crippen molar-refractivity contribution in [3.8, 4) is 0 Å². The van der Waals surface area contributed by atoms with Crippen LogP contribution in [0.15, 0.2) is 59.8 Å². The van der Waals surface area contributed by atoms with Crippen LogP contribution in [-0.4, -0.2) is 32.3 Å². The number of aliphatic imine (C=N–C) groups is 1. The van der Waals surface area contributed by atoms with Gasteiger partial charge >= 0.3 is 0 Å². The fourth-order valence-electron chi connectivity index (χ4n) is 2.24. The molecule has 5 heteroatoms. The standard InChI is InChI=1S/C14H11N5/c1-2-6-12-11(5-1)16-17-19(12)14-8-10-18-9-4-3-7-13(18)15-14/h1-9H,10H2. The second-order valence-corrected chi connectivity index (χ2v) is 4.38. The van der Waals surface area contributed by atoms with Crippen LogP contribution in [0.5, 0.6) is 0 Å². The summed E-state index contributed by atoms with van der Waals surface area (Å²) >= 11 is 0. The minimum atomic E-state index is 0.795. The van der Waals surface area contributed by atoms with Gasteiger partial charge in [-0.25, -0.2) is 4.99 Å². The predicted octanol–water partition coefficient (Wildman–Crippen LogP) is 2.03. The Morgan fingerprint density at radius 1 is 1.11 bits per heavy atom. The topological polar surface area (TPSA) is 46.3 Å². The zero-order valence-corrected chi connectivity index (χ0v) is 10.1. The maximum absolute atomic E-state index is 4.62. The van der Waals surface area contributed by atoms with E-state index in [-0.39, 0.29) is 0 Å². The van der Waals surface area contributed by atoms with Crippen LogP contribution in [-0.2, 0) is 0 Å². The van der Waals surface area contributed by atoms with Gasteiger partial charge in [0.2, 0.25) is 0 Å². The average Bonchev–Trinajstić information content (AvgIpc) is 2.91. The first-order chi connectivity index (χ1) is 9.42. The van der Waals surface area contributed by atoms with Crippen LogP contribution in [0, 0.1) is 0 Å². The highest BCUT2D eigenvalue weighted by Gasteiger charge is 2.16. The van der Waals surface area contributed by atoms with E-state index in [2.05, 4.69) is 20.2 Å². The normalized spacial score (nSPS) is 17.4. The van der Waals surface area contributed by atoms with Crippen molar-refractivity contribution in [1.82, 2.24) is 19.9 Å². The molecular formula is C14H11N5. The lowest BCUT2D eigenvalue weighted by Crippen LogP contribution is -2.29. The molecule has 0 aliphatic carbocycles. The van der Waals surface area contributed by atoms with E-state index in [0.717, 1.165) is 29.2 Å². The van der Waals surface area contributed by atoms with Gasteiger partial charge in [-0.1, -0.05) is 23.4 Å². The average molecular weight is 249 g/mol. The van der Waals surface area contributed by atoms with Crippen molar-refractivity contribution < 1.29 is 0 Å². The molecular weight excluding hydrogens is 238 g/mol. The Labute approximate surface area is 109 Å². The second-order valence-electron chi connectivity index (χ2n) is 4.38. The maximum atomic E-state index is 4.62. The molecule has 0 bridgehead atoms. The van der Waals surface area contributed by atoms with Gasteiger partial charge in [0, 0.05) is 12.7 Å². The molecule has 0 fully saturated rings. The summed E-state index contributed by atoms with van der Waals surface area (Å²) in [6.07, 6.45) is 10.0. The molecule has 5 nitrogen and oxygen atoms in total. The van der Waals surface area contributed by atoms with E-state index in [0.29, 0.717) is 0 Å². The van der Waals surface area contributed by atoms with Crippen molar-refractivity contribution in [2.24, 2.45) is 4.99 Å². The zero-order chi connectivity index (χ0) is 12.7. The molecule has 2 aliphatic rings. The number of fused-ring (bicyclic) bond motifs is 2. The number of benzene rings is 1. The van der Waals surface area contributed by atoms with Crippen molar-refractivity contribution >= 4 is 22.7 Å². The first-order valence-corrected chi connectivity index (χ1v) is 6.13. The van der Waals surface area contributed by atoms with Crippen molar-refractivity contribution in [2.45, 2.75) is 0 Å². The lowest BCUT2D eigenvalue weighted by atomic mass is 10.3. The van der Waals surface area contributed by atoms with E-state index in [9.17, 15) is 0 Å². The van der Waals surface area contributed by atoms with Crippen LogP contribution in [0.1, 0.15) is 0 Å². The smallest absolute Gasteiger partial charge is 0.156 e. The fraction of sp³-hybridized carbons (Fsp3) is 0.0714. The summed E-state index contributed by atoms with van der Waals surface area (Å²) in [5.74, 6) is 1.75. The van der Waals surface area contributed by atoms with Crippen LogP contribution in [0.25, 0.3) is 16.9 Å². The van der Waals surface area contributed by atoms with Crippen molar-refractivity contribution in [3.05, 3.63) is 54.8 Å². The molecule has 19 heavy (non-hydrogen) atoms. The third-order valence-corrected chi connectivity index (χ3v) is 3.19. The predicted molar refractivity (Wildman–Crippen MR) is 74.2 cm³/mol. The van der Waals surface area contributed by atoms with E-state index < -0.39 is 0 Å². The Hall–Kier alpha value is -2.69. The number of para-hydroxylation sites is 1. The summed E-state index contributed by atoms with van der Waals surface area (Å²) in [4.78, 5) is 6.71. The number of nitrogens with zero attached hydrogens (tertiary/aromatic N) is 5. The minimum Gasteiger partial charge on any atom is -0.329 e. The van der Waals surface area contributed by atoms with Crippen molar-refractivity contribution in [1.29, 1.82) is 0 Å². The van der Waals surface area contributed by atoms with Gasteiger partial charge in [-0.2, -0.15) is 4.68 Å². The molecule has 3 heterocycles. The summed E-state index contributed by atoms with van der Waals surface area (Å²) < 4.78 is 1.78. The molecule has 0 saturated heterocycles. The Balaban J connectivity index is 1.82. The molecule has 4 rings (SSSR count). The third-order valence-electron chi connectivity index (χ3n) is 3.19. The summed E-state index contributed by atoms with van der Waals surface area (Å²) in [6, 6.07) is 7.89. The summed E-state index contributed by atoms with van der Waals surface area (Å²) in [5, 5.41) is 8.34. The number of aromatic nitrogens is 3. The van der Waals surface area contributed by atoms with Crippen molar-refractivity contribution in [3.63, 3.8) is 0 Å². The molecule has 0 spiro atoms. The molecule has 0 saturated carbocycles. The van der Waals surface area contributed by atoms with Gasteiger partial charge in [0.15, 0.2) is 5.82 Å². The Bertz CT molecular complexity index is 763. The summed E-state index contributed by atoms with van der Waals surface area (Å²) in [5.41, 5.74) is 1.85. The highest BCUT2D eigenvalue weighted by atomic mass is 15.5. The van der Waals surface area contributed by atoms with Crippen molar-refractivity contribution in [2.75, 3.05) is 6.54 Å². The second kappa shape index (κ2) is 3.91. The Morgan fingerprint density at radius 3 is 3.05 bits per heavy atom. The first kappa shape index (κ1) is 10.3. The van der Waals surface area contributed by atoms with Crippen LogP contribution in [0.4, 0.5) is 0 Å². The SMILES string of the molecule is C1=CC2=NC(n3nnc4ccccc43)=CCN2C=C1. The van der Waals surface area contributed by atoms with E-state index in [4.69, 9.17) is 0 Å². The quantitative estimate of drug-likeness (QED) is 0.776. The molecule has 0 atom stereocenters. The van der Waals surface area contributed by atoms with Gasteiger partial charge in [0.1, 0.15) is 11.4 Å². The summed E-state index contributed by atoms with van der Waals surface area (Å²) in [6.45, 7) is 0.795. The monoisotopic (exact) mass is 249 g/mol. The Kier molecular flexibility index (Phi) is 2.11. The third kappa shape index (κ3) is 1.59. The highest BCUT2D eigenvalue weighted by Crippen LogP contribution is 2.20. The number of amidine groups is 1. The van der Waals surface area contributed by atoms with Crippen LogP contribution in [0.3, 0.4) is 0 Å². The molecule has 92 valence electrons. The molecule has 1 aromatic heterocycles. The van der Waals surface area contributed by atoms with Gasteiger partial charge < -0.3 is 4.90 Å². The summed E-state index contributed by atoms with van der Waals surface area (Å²) in [7, 11) is 0. The van der Waals surface area contributed by atoms with Gasteiger partial charge in [-0.05, 0) is 30.4 Å². The van der Waals surface area contributed by atoms with Gasteiger partial charge in [-0.15, -0.1) is 5.10 Å². The van der Waals surface area contributed by atoms with E-state index in [1.165, 1.54) is 0 Å². The van der Waals surface area contributed by atoms with Crippen LogP contribution < -0.4 is 0 Å². The lowest BCUT2D eigenvalue weighted by molar-refractivity contribution is 0.610. The molecule has 0 N–H and O–H groups in total. The molecule has 0 radical (unpaired) electrons. The molecule has 2 aliphatic heterocycles. The van der Waals surface area contributed by atoms with E-state index >= 15 is 0 Å². The molecule has 1 aromatic carbocycles. The largest absolute Gasteiger partial charge is 0.329 e. The number of hydrogen-bond donors (Lipinski definition) is 0. The zero-order valence-electron chi connectivity index (χ0n) is 10.1. The molecule has 2 aromatic rings. The number of hydrogen-bond acceptors (Lipinski definition) is 4. The molecule has 0 amide bonds. The fourth-order valence-corrected chi connectivity index (χ4v) is 2.24. The van der Waals surface area contributed by atoms with Gasteiger partial charge in [0.25, 0.3) is 0 Å². The number of allylic oxidation sites excluding steroid dienone is 2. The number of rotatable bonds is 1. The van der Waals surface area contributed by atoms with Crippen LogP contribution >= 0.6 is 0 Å². The van der Waals surface area contributed by atoms with E-state index in [1.807, 2.05) is 54.8 Å². The van der Waals surface area contributed by atoms with Gasteiger partial charge in [0.05, 0.1) is 5.52 Å². The highest BCUT2D eigenvalue weighted by molar-refractivity contribution is 5.98. The van der Waals surface area contributed by atoms with E-state index in [1.54, 1.807) is 4.68 Å². The maximum Gasteiger partial charge on any atom is 0.156 e. The van der Waals surface area contributed by atoms with Crippen LogP contribution in [0.2, 0.25) is 0 Å². The minimum absolute atomic E-state index is 0.795.